The summed E-state index contributed by atoms with van der Waals surface area (Å²) in [5.74, 6) is -0.721. The number of hydrogen-bond acceptors (Lipinski definition) is 6. The zero-order valence-corrected chi connectivity index (χ0v) is 17.2. The average Bonchev–Trinajstić information content (AvgIpc) is 3.26. The highest BCUT2D eigenvalue weighted by Gasteiger charge is 2.16. The molecule has 160 valence electrons. The molecule has 31 heavy (non-hydrogen) atoms. The monoisotopic (exact) mass is 421 g/mol. The van der Waals surface area contributed by atoms with Crippen LogP contribution in [0.5, 0.6) is 0 Å². The van der Waals surface area contributed by atoms with Crippen molar-refractivity contribution in [1.29, 1.82) is 0 Å². The molecule has 0 spiro atoms. The van der Waals surface area contributed by atoms with E-state index in [9.17, 15) is 14.4 Å². The Morgan fingerprint density at radius 1 is 0.968 bits per heavy atom. The van der Waals surface area contributed by atoms with Crippen LogP contribution in [-0.2, 0) is 16.1 Å². The number of esters is 1. The Morgan fingerprint density at radius 3 is 2.52 bits per heavy atom. The number of rotatable bonds is 7. The molecule has 0 radical (unpaired) electrons. The largest absolute Gasteiger partial charge is 0.467 e. The van der Waals surface area contributed by atoms with E-state index < -0.39 is 24.5 Å². The van der Waals surface area contributed by atoms with E-state index in [1.807, 2.05) is 26.0 Å². The number of furan rings is 1. The van der Waals surface area contributed by atoms with Crippen LogP contribution in [0.15, 0.2) is 65.3 Å². The average molecular weight is 421 g/mol. The van der Waals surface area contributed by atoms with Crippen LogP contribution < -0.4 is 16.0 Å². The van der Waals surface area contributed by atoms with E-state index in [2.05, 4.69) is 16.0 Å². The summed E-state index contributed by atoms with van der Waals surface area (Å²) < 4.78 is 10.3. The highest BCUT2D eigenvalue weighted by Crippen LogP contribution is 2.18. The molecule has 8 heteroatoms. The maximum Gasteiger partial charge on any atom is 0.340 e. The van der Waals surface area contributed by atoms with E-state index in [-0.39, 0.29) is 5.56 Å². The third-order valence-corrected chi connectivity index (χ3v) is 4.40. The van der Waals surface area contributed by atoms with Crippen molar-refractivity contribution in [1.82, 2.24) is 5.32 Å². The molecule has 0 aliphatic heterocycles. The van der Waals surface area contributed by atoms with Gasteiger partial charge in [-0.2, -0.15) is 0 Å². The van der Waals surface area contributed by atoms with E-state index in [0.717, 1.165) is 11.1 Å². The summed E-state index contributed by atoms with van der Waals surface area (Å²) in [7, 11) is 0. The highest BCUT2D eigenvalue weighted by molar-refractivity contribution is 6.03. The highest BCUT2D eigenvalue weighted by atomic mass is 16.5. The molecule has 0 saturated carbocycles. The van der Waals surface area contributed by atoms with Gasteiger partial charge in [0, 0.05) is 11.4 Å². The quantitative estimate of drug-likeness (QED) is 0.497. The van der Waals surface area contributed by atoms with Gasteiger partial charge in [0.15, 0.2) is 6.61 Å². The smallest absolute Gasteiger partial charge is 0.340 e. The molecular formula is C23H23N3O5. The number of ether oxygens (including phenoxy) is 1. The van der Waals surface area contributed by atoms with Gasteiger partial charge in [-0.05, 0) is 49.7 Å². The number of hydrogen-bond donors (Lipinski definition) is 3. The molecule has 0 bridgehead atoms. The molecule has 2 aromatic carbocycles. The number of carbonyl (C=O) groups excluding carboxylic acids is 3. The second kappa shape index (κ2) is 10.1. The van der Waals surface area contributed by atoms with Crippen molar-refractivity contribution in [3.8, 4) is 0 Å². The van der Waals surface area contributed by atoms with Crippen molar-refractivity contribution in [2.45, 2.75) is 20.4 Å². The minimum absolute atomic E-state index is 0.265. The van der Waals surface area contributed by atoms with Gasteiger partial charge in [0.05, 0.1) is 18.4 Å². The number of amides is 3. The number of nitrogens with one attached hydrogen (secondary N) is 3. The molecule has 1 heterocycles. The lowest BCUT2D eigenvalue weighted by Gasteiger charge is -2.12. The van der Waals surface area contributed by atoms with Gasteiger partial charge >= 0.3 is 12.0 Å². The summed E-state index contributed by atoms with van der Waals surface area (Å²) in [6.45, 7) is 3.59. The van der Waals surface area contributed by atoms with Crippen LogP contribution in [0.25, 0.3) is 0 Å². The van der Waals surface area contributed by atoms with Crippen LogP contribution >= 0.6 is 0 Å². The minimum Gasteiger partial charge on any atom is -0.467 e. The van der Waals surface area contributed by atoms with Crippen molar-refractivity contribution in [3.63, 3.8) is 0 Å². The summed E-state index contributed by atoms with van der Waals surface area (Å²) in [5, 5.41) is 7.83. The normalized spacial score (nSPS) is 10.3. The van der Waals surface area contributed by atoms with Gasteiger partial charge in [0.25, 0.3) is 5.91 Å². The number of aryl methyl sites for hydroxylation is 2. The van der Waals surface area contributed by atoms with Crippen molar-refractivity contribution < 1.29 is 23.5 Å². The SMILES string of the molecule is Cc1ccc(NC(=O)NC(=O)COC(=O)c2ccccc2NCc2ccco2)c(C)c1. The fraction of sp³-hybridized carbons (Fsp3) is 0.174. The Kier molecular flexibility index (Phi) is 7.05. The van der Waals surface area contributed by atoms with E-state index in [1.165, 1.54) is 0 Å². The molecule has 3 N–H and O–H groups in total. The van der Waals surface area contributed by atoms with Crippen LogP contribution in [0, 0.1) is 13.8 Å². The fourth-order valence-corrected chi connectivity index (χ4v) is 2.89. The Balaban J connectivity index is 1.51. The summed E-state index contributed by atoms with van der Waals surface area (Å²) >= 11 is 0. The molecule has 1 aromatic heterocycles. The van der Waals surface area contributed by atoms with Crippen LogP contribution in [0.3, 0.4) is 0 Å². The molecule has 8 nitrogen and oxygen atoms in total. The first kappa shape index (κ1) is 21.6. The van der Waals surface area contributed by atoms with Gasteiger partial charge in [-0.15, -0.1) is 0 Å². The molecule has 3 aromatic rings. The first-order valence-corrected chi connectivity index (χ1v) is 9.63. The summed E-state index contributed by atoms with van der Waals surface area (Å²) in [5.41, 5.74) is 3.32. The lowest BCUT2D eigenvalue weighted by Crippen LogP contribution is -2.37. The lowest BCUT2D eigenvalue weighted by atomic mass is 10.1. The molecule has 3 amide bonds. The second-order valence-corrected chi connectivity index (χ2v) is 6.88. The Hall–Kier alpha value is -4.07. The number of anilines is 2. The molecule has 0 atom stereocenters. The number of benzene rings is 2. The molecule has 0 saturated heterocycles. The topological polar surface area (TPSA) is 110 Å². The lowest BCUT2D eigenvalue weighted by molar-refractivity contribution is -0.123. The number of urea groups is 1. The Morgan fingerprint density at radius 2 is 1.77 bits per heavy atom. The summed E-state index contributed by atoms with van der Waals surface area (Å²) in [4.78, 5) is 36.4. The zero-order chi connectivity index (χ0) is 22.2. The van der Waals surface area contributed by atoms with Crippen molar-refractivity contribution in [2.75, 3.05) is 17.2 Å². The van der Waals surface area contributed by atoms with Crippen LogP contribution in [0.4, 0.5) is 16.2 Å². The fourth-order valence-electron chi connectivity index (χ4n) is 2.89. The predicted octanol–water partition coefficient (Wildman–Crippen LogP) is 4.01. The van der Waals surface area contributed by atoms with Gasteiger partial charge in [-0.25, -0.2) is 9.59 Å². The van der Waals surface area contributed by atoms with Gasteiger partial charge in [0.1, 0.15) is 5.76 Å². The van der Waals surface area contributed by atoms with E-state index in [1.54, 1.807) is 48.7 Å². The molecular weight excluding hydrogens is 398 g/mol. The predicted molar refractivity (Wildman–Crippen MR) is 116 cm³/mol. The minimum atomic E-state index is -0.739. The van der Waals surface area contributed by atoms with E-state index in [4.69, 9.17) is 9.15 Å². The summed E-state index contributed by atoms with van der Waals surface area (Å²) in [6.07, 6.45) is 1.56. The molecule has 3 rings (SSSR count). The van der Waals surface area contributed by atoms with Gasteiger partial charge in [0.2, 0.25) is 0 Å². The third-order valence-electron chi connectivity index (χ3n) is 4.40. The van der Waals surface area contributed by atoms with Crippen molar-refractivity contribution in [2.24, 2.45) is 0 Å². The van der Waals surface area contributed by atoms with Gasteiger partial charge in [-0.1, -0.05) is 29.8 Å². The maximum absolute atomic E-state index is 12.4. The Labute approximate surface area is 179 Å². The zero-order valence-electron chi connectivity index (χ0n) is 17.2. The van der Waals surface area contributed by atoms with Crippen LogP contribution in [-0.4, -0.2) is 24.5 Å². The summed E-state index contributed by atoms with van der Waals surface area (Å²) in [6, 6.07) is 15.1. The maximum atomic E-state index is 12.4. The third kappa shape index (κ3) is 6.20. The van der Waals surface area contributed by atoms with Gasteiger partial charge in [-0.3, -0.25) is 10.1 Å². The molecule has 0 aliphatic rings. The van der Waals surface area contributed by atoms with Crippen molar-refractivity contribution in [3.05, 3.63) is 83.3 Å². The van der Waals surface area contributed by atoms with E-state index >= 15 is 0 Å². The van der Waals surface area contributed by atoms with Crippen LogP contribution in [0.2, 0.25) is 0 Å². The van der Waals surface area contributed by atoms with Crippen molar-refractivity contribution >= 4 is 29.3 Å². The van der Waals surface area contributed by atoms with E-state index in [0.29, 0.717) is 23.7 Å². The first-order chi connectivity index (χ1) is 14.9. The van der Waals surface area contributed by atoms with Gasteiger partial charge < -0.3 is 19.8 Å². The molecule has 0 fully saturated rings. The standard InChI is InChI=1S/C23H23N3O5/c1-15-9-10-19(16(2)12-15)25-23(29)26-21(27)14-31-22(28)18-7-3-4-8-20(18)24-13-17-6-5-11-30-17/h3-12,24H,13-14H2,1-2H3,(H2,25,26,27,29). The Bertz CT molecular complexity index is 1080. The van der Waals surface area contributed by atoms with Crippen LogP contribution in [0.1, 0.15) is 27.2 Å². The number of para-hydroxylation sites is 1. The molecule has 0 aliphatic carbocycles. The second-order valence-electron chi connectivity index (χ2n) is 6.88. The molecule has 0 unspecified atom stereocenters. The number of imide groups is 1. The number of carbonyl (C=O) groups is 3. The first-order valence-electron chi connectivity index (χ1n) is 9.63.